The Hall–Kier alpha value is -1.02. The van der Waals surface area contributed by atoms with Gasteiger partial charge in [0.05, 0.1) is 0 Å². The summed E-state index contributed by atoms with van der Waals surface area (Å²) in [5.74, 6) is 0.483. The van der Waals surface area contributed by atoms with E-state index in [1.54, 1.807) is 7.05 Å². The zero-order valence-electron chi connectivity index (χ0n) is 8.66. The van der Waals surface area contributed by atoms with Crippen LogP contribution in [0.15, 0.2) is 24.3 Å². The maximum Gasteiger partial charge on any atom is 0.242 e. The number of benzene rings is 1. The zero-order chi connectivity index (χ0) is 10.8. The third kappa shape index (κ3) is 2.15. The Morgan fingerprint density at radius 1 is 1.47 bits per heavy atom. The molecule has 2 nitrogen and oxygen atoms in total. The number of carbonyl (C=O) groups excluding carboxylic acids is 1. The molecule has 0 radical (unpaired) electrons. The van der Waals surface area contributed by atoms with E-state index in [2.05, 4.69) is 11.4 Å². The molecule has 0 saturated heterocycles. The largest absolute Gasteiger partial charge is 0.358 e. The van der Waals surface area contributed by atoms with E-state index in [4.69, 9.17) is 11.6 Å². The summed E-state index contributed by atoms with van der Waals surface area (Å²) in [6.07, 6.45) is 2.43. The van der Waals surface area contributed by atoms with Gasteiger partial charge in [-0.3, -0.25) is 4.79 Å². The Labute approximate surface area is 94.6 Å². The molecule has 1 fully saturated rings. The lowest BCUT2D eigenvalue weighted by Gasteiger charge is -2.12. The minimum absolute atomic E-state index is 0.134. The fourth-order valence-corrected chi connectivity index (χ4v) is 2.08. The lowest BCUT2D eigenvalue weighted by Crippen LogP contribution is -2.23. The van der Waals surface area contributed by atoms with E-state index in [9.17, 15) is 4.79 Å². The maximum absolute atomic E-state index is 11.5. The molecular weight excluding hydrogens is 210 g/mol. The molecule has 1 atom stereocenters. The molecule has 1 aromatic carbocycles. The van der Waals surface area contributed by atoms with Crippen LogP contribution >= 0.6 is 11.6 Å². The number of alkyl halides is 1. The Kier molecular flexibility index (Phi) is 2.96. The SMILES string of the molecule is CNC(=O)C(Cl)c1ccccc1C1CC1. The number of amides is 1. The quantitative estimate of drug-likeness (QED) is 0.785. The molecule has 15 heavy (non-hydrogen) atoms. The van der Waals surface area contributed by atoms with E-state index in [0.29, 0.717) is 5.92 Å². The van der Waals surface area contributed by atoms with E-state index in [-0.39, 0.29) is 5.91 Å². The standard InChI is InChI=1S/C12H14ClNO/c1-14-12(15)11(13)10-5-3-2-4-9(10)8-6-7-8/h2-5,8,11H,6-7H2,1H3,(H,14,15). The van der Waals surface area contributed by atoms with Gasteiger partial charge in [0.1, 0.15) is 5.38 Å². The van der Waals surface area contributed by atoms with Gasteiger partial charge in [-0.05, 0) is 29.9 Å². The van der Waals surface area contributed by atoms with Gasteiger partial charge in [-0.2, -0.15) is 0 Å². The van der Waals surface area contributed by atoms with Gasteiger partial charge >= 0.3 is 0 Å². The van der Waals surface area contributed by atoms with E-state index < -0.39 is 5.38 Å². The van der Waals surface area contributed by atoms with Crippen LogP contribution in [0.1, 0.15) is 35.3 Å². The minimum atomic E-state index is -0.563. The molecule has 1 aliphatic carbocycles. The summed E-state index contributed by atoms with van der Waals surface area (Å²) in [5, 5.41) is 2.02. The molecule has 1 aliphatic rings. The van der Waals surface area contributed by atoms with Gasteiger partial charge in [-0.25, -0.2) is 0 Å². The number of carbonyl (C=O) groups is 1. The fraction of sp³-hybridized carbons (Fsp3) is 0.417. The van der Waals surface area contributed by atoms with E-state index in [0.717, 1.165) is 5.56 Å². The molecule has 2 rings (SSSR count). The van der Waals surface area contributed by atoms with Gasteiger partial charge in [-0.1, -0.05) is 24.3 Å². The van der Waals surface area contributed by atoms with E-state index in [1.165, 1.54) is 18.4 Å². The fourth-order valence-electron chi connectivity index (χ4n) is 1.78. The Balaban J connectivity index is 2.29. The van der Waals surface area contributed by atoms with Crippen LogP contribution in [0.2, 0.25) is 0 Å². The molecule has 0 heterocycles. The number of hydrogen-bond acceptors (Lipinski definition) is 1. The first-order valence-electron chi connectivity index (χ1n) is 5.18. The van der Waals surface area contributed by atoms with Crippen molar-refractivity contribution < 1.29 is 4.79 Å². The average Bonchev–Trinajstić information content (AvgIpc) is 3.11. The second-order valence-electron chi connectivity index (χ2n) is 3.88. The predicted molar refractivity (Wildman–Crippen MR) is 61.1 cm³/mol. The molecule has 1 unspecified atom stereocenters. The van der Waals surface area contributed by atoms with Crippen molar-refractivity contribution in [3.8, 4) is 0 Å². The summed E-state index contributed by atoms with van der Waals surface area (Å²) in [6, 6.07) is 7.95. The first kappa shape index (κ1) is 10.5. The van der Waals surface area contributed by atoms with Crippen molar-refractivity contribution in [1.29, 1.82) is 0 Å². The van der Waals surface area contributed by atoms with Crippen LogP contribution in [-0.2, 0) is 4.79 Å². The molecule has 80 valence electrons. The lowest BCUT2D eigenvalue weighted by atomic mass is 10.0. The minimum Gasteiger partial charge on any atom is -0.358 e. The number of likely N-dealkylation sites (N-methyl/N-ethyl adjacent to an activating group) is 1. The van der Waals surface area contributed by atoms with Crippen LogP contribution in [0, 0.1) is 0 Å². The third-order valence-corrected chi connectivity index (χ3v) is 3.20. The highest BCUT2D eigenvalue weighted by Crippen LogP contribution is 2.43. The van der Waals surface area contributed by atoms with Crippen molar-refractivity contribution in [2.24, 2.45) is 0 Å². The molecule has 0 aliphatic heterocycles. The second kappa shape index (κ2) is 4.23. The van der Waals surface area contributed by atoms with Crippen LogP contribution in [0.3, 0.4) is 0 Å². The molecular formula is C12H14ClNO. The van der Waals surface area contributed by atoms with Gasteiger partial charge < -0.3 is 5.32 Å². The summed E-state index contributed by atoms with van der Waals surface area (Å²) in [7, 11) is 1.61. The van der Waals surface area contributed by atoms with Crippen LogP contribution in [-0.4, -0.2) is 13.0 Å². The molecule has 1 saturated carbocycles. The first-order valence-corrected chi connectivity index (χ1v) is 5.62. The highest BCUT2D eigenvalue weighted by Gasteiger charge is 2.29. The van der Waals surface area contributed by atoms with Crippen LogP contribution in [0.4, 0.5) is 0 Å². The van der Waals surface area contributed by atoms with Gasteiger partial charge in [0.2, 0.25) is 5.91 Å². The molecule has 0 spiro atoms. The molecule has 1 N–H and O–H groups in total. The lowest BCUT2D eigenvalue weighted by molar-refractivity contribution is -0.120. The van der Waals surface area contributed by atoms with Crippen molar-refractivity contribution in [3.63, 3.8) is 0 Å². The molecule has 0 aromatic heterocycles. The number of nitrogens with one attached hydrogen (secondary N) is 1. The average molecular weight is 224 g/mol. The maximum atomic E-state index is 11.5. The van der Waals surface area contributed by atoms with Crippen LogP contribution in [0.5, 0.6) is 0 Å². The van der Waals surface area contributed by atoms with Crippen LogP contribution < -0.4 is 5.32 Å². The summed E-state index contributed by atoms with van der Waals surface area (Å²) < 4.78 is 0. The first-order chi connectivity index (χ1) is 7.24. The molecule has 1 amide bonds. The monoisotopic (exact) mass is 223 g/mol. The van der Waals surface area contributed by atoms with Crippen molar-refractivity contribution in [1.82, 2.24) is 5.32 Å². The van der Waals surface area contributed by atoms with Crippen molar-refractivity contribution in [2.75, 3.05) is 7.05 Å². The summed E-state index contributed by atoms with van der Waals surface area (Å²) >= 11 is 6.12. The van der Waals surface area contributed by atoms with Gasteiger partial charge in [0, 0.05) is 7.05 Å². The highest BCUT2D eigenvalue weighted by atomic mass is 35.5. The van der Waals surface area contributed by atoms with Crippen molar-refractivity contribution in [2.45, 2.75) is 24.1 Å². The second-order valence-corrected chi connectivity index (χ2v) is 4.32. The summed E-state index contributed by atoms with van der Waals surface area (Å²) in [6.45, 7) is 0. The highest BCUT2D eigenvalue weighted by molar-refractivity contribution is 6.30. The molecule has 1 aromatic rings. The van der Waals surface area contributed by atoms with Gasteiger partial charge in [0.25, 0.3) is 0 Å². The Morgan fingerprint density at radius 2 is 2.13 bits per heavy atom. The Bertz CT molecular complexity index is 374. The normalized spacial score (nSPS) is 17.2. The van der Waals surface area contributed by atoms with Gasteiger partial charge in [-0.15, -0.1) is 11.6 Å². The molecule has 3 heteroatoms. The predicted octanol–water partition coefficient (Wildman–Crippen LogP) is 2.59. The van der Waals surface area contributed by atoms with Crippen LogP contribution in [0.25, 0.3) is 0 Å². The zero-order valence-corrected chi connectivity index (χ0v) is 9.42. The number of halogens is 1. The van der Waals surface area contributed by atoms with E-state index >= 15 is 0 Å². The molecule has 0 bridgehead atoms. The van der Waals surface area contributed by atoms with Gasteiger partial charge in [0.15, 0.2) is 0 Å². The summed E-state index contributed by atoms with van der Waals surface area (Å²) in [5.41, 5.74) is 2.20. The number of hydrogen-bond donors (Lipinski definition) is 1. The topological polar surface area (TPSA) is 29.1 Å². The smallest absolute Gasteiger partial charge is 0.242 e. The third-order valence-electron chi connectivity index (χ3n) is 2.76. The van der Waals surface area contributed by atoms with Crippen molar-refractivity contribution in [3.05, 3.63) is 35.4 Å². The van der Waals surface area contributed by atoms with E-state index in [1.807, 2.05) is 18.2 Å². The van der Waals surface area contributed by atoms with Crippen molar-refractivity contribution >= 4 is 17.5 Å². The Morgan fingerprint density at radius 3 is 2.73 bits per heavy atom. The summed E-state index contributed by atoms with van der Waals surface area (Å²) in [4.78, 5) is 11.5. The number of rotatable bonds is 3.